The molecule has 3 heterocycles. The third kappa shape index (κ3) is 4.34. The number of piperidine rings is 1. The minimum absolute atomic E-state index is 0.151. The largest absolute Gasteiger partial charge is 0.493 e. The maximum Gasteiger partial charge on any atom is 0.253 e. The summed E-state index contributed by atoms with van der Waals surface area (Å²) in [5, 5.41) is 13.7. The number of tetrazole rings is 1. The summed E-state index contributed by atoms with van der Waals surface area (Å²) in [6.07, 6.45) is 3.01. The maximum atomic E-state index is 13.4. The molecule has 1 saturated heterocycles. The van der Waals surface area contributed by atoms with Gasteiger partial charge in [0.05, 0.1) is 25.3 Å². The molecule has 0 amide bonds. The van der Waals surface area contributed by atoms with Gasteiger partial charge in [0.1, 0.15) is 6.04 Å². The average Bonchev–Trinajstić information content (AvgIpc) is 3.30. The number of methoxy groups -OCH3 is 2. The highest BCUT2D eigenvalue weighted by Gasteiger charge is 2.35. The predicted molar refractivity (Wildman–Crippen MR) is 127 cm³/mol. The van der Waals surface area contributed by atoms with Gasteiger partial charge in [0, 0.05) is 17.0 Å². The summed E-state index contributed by atoms with van der Waals surface area (Å²) in [5.41, 5.74) is 0.899. The van der Waals surface area contributed by atoms with Crippen LogP contribution in [0, 0.1) is 5.92 Å². The Morgan fingerprint density at radius 3 is 2.45 bits per heavy atom. The summed E-state index contributed by atoms with van der Waals surface area (Å²) in [4.78, 5) is 18.8. The second-order valence-corrected chi connectivity index (χ2v) is 9.58. The molecule has 1 aromatic carbocycles. The van der Waals surface area contributed by atoms with Crippen molar-refractivity contribution in [2.24, 2.45) is 5.92 Å². The molecular formula is C24H34N6O3. The number of hydrogen-bond acceptors (Lipinski definition) is 7. The number of fused-ring (bicyclic) bond motifs is 1. The van der Waals surface area contributed by atoms with Crippen LogP contribution in [0.15, 0.2) is 23.0 Å². The first kappa shape index (κ1) is 23.2. The number of H-pyrrole nitrogens is 1. The predicted octanol–water partition coefficient (Wildman–Crippen LogP) is 3.50. The molecule has 9 nitrogen and oxygen atoms in total. The highest BCUT2D eigenvalue weighted by Crippen LogP contribution is 2.35. The second kappa shape index (κ2) is 9.13. The van der Waals surface area contributed by atoms with E-state index in [1.807, 2.05) is 16.8 Å². The molecule has 1 N–H and O–H groups in total. The summed E-state index contributed by atoms with van der Waals surface area (Å²) in [5.74, 6) is 2.55. The molecule has 2 aromatic heterocycles. The van der Waals surface area contributed by atoms with Crippen LogP contribution in [0.5, 0.6) is 11.5 Å². The highest BCUT2D eigenvalue weighted by atomic mass is 16.5. The summed E-state index contributed by atoms with van der Waals surface area (Å²) >= 11 is 0. The number of ether oxygens (including phenoxy) is 2. The topological polar surface area (TPSA) is 98.2 Å². The molecule has 1 aliphatic heterocycles. The van der Waals surface area contributed by atoms with Gasteiger partial charge in [-0.25, -0.2) is 4.68 Å². The minimum atomic E-state index is -0.348. The van der Waals surface area contributed by atoms with E-state index in [9.17, 15) is 4.79 Å². The zero-order chi connectivity index (χ0) is 23.8. The molecule has 0 bridgehead atoms. The molecule has 33 heavy (non-hydrogen) atoms. The molecule has 3 aromatic rings. The molecular weight excluding hydrogens is 420 g/mol. The first-order chi connectivity index (χ1) is 15.8. The Morgan fingerprint density at radius 1 is 1.15 bits per heavy atom. The number of rotatable bonds is 7. The zero-order valence-corrected chi connectivity index (χ0v) is 20.4. The van der Waals surface area contributed by atoms with Gasteiger partial charge >= 0.3 is 0 Å². The second-order valence-electron chi connectivity index (χ2n) is 9.58. The van der Waals surface area contributed by atoms with E-state index in [0.29, 0.717) is 34.3 Å². The van der Waals surface area contributed by atoms with E-state index in [-0.39, 0.29) is 17.1 Å². The smallest absolute Gasteiger partial charge is 0.253 e. The third-order valence-corrected chi connectivity index (χ3v) is 7.03. The number of pyridine rings is 1. The summed E-state index contributed by atoms with van der Waals surface area (Å²) in [7, 11) is 3.19. The first-order valence-electron chi connectivity index (χ1n) is 11.6. The SMILES string of the molecule is CCC(C)(C)n1nnnc1C(c1cc2cc(OC)c(OC)cc2[nH]c1=O)N1CCC(C)CC1. The van der Waals surface area contributed by atoms with Gasteiger partial charge in [-0.3, -0.25) is 9.69 Å². The molecule has 1 fully saturated rings. The van der Waals surface area contributed by atoms with Crippen LogP contribution in [0.4, 0.5) is 0 Å². The van der Waals surface area contributed by atoms with Gasteiger partial charge in [0.2, 0.25) is 0 Å². The number of aromatic amines is 1. The van der Waals surface area contributed by atoms with E-state index >= 15 is 0 Å². The number of nitrogens with zero attached hydrogens (tertiary/aromatic N) is 5. The quantitative estimate of drug-likeness (QED) is 0.583. The lowest BCUT2D eigenvalue weighted by Gasteiger charge is -2.37. The molecule has 1 atom stereocenters. The van der Waals surface area contributed by atoms with Gasteiger partial charge in [-0.1, -0.05) is 13.8 Å². The third-order valence-electron chi connectivity index (χ3n) is 7.03. The molecule has 178 valence electrons. The van der Waals surface area contributed by atoms with Crippen LogP contribution in [0.3, 0.4) is 0 Å². The van der Waals surface area contributed by atoms with Crippen molar-refractivity contribution in [1.29, 1.82) is 0 Å². The van der Waals surface area contributed by atoms with Gasteiger partial charge < -0.3 is 14.5 Å². The van der Waals surface area contributed by atoms with E-state index in [1.165, 1.54) is 0 Å². The van der Waals surface area contributed by atoms with Crippen LogP contribution in [-0.4, -0.2) is 57.4 Å². The van der Waals surface area contributed by atoms with Crippen molar-refractivity contribution in [3.8, 4) is 11.5 Å². The Bertz CT molecular complexity index is 1180. The van der Waals surface area contributed by atoms with Crippen molar-refractivity contribution in [1.82, 2.24) is 30.1 Å². The van der Waals surface area contributed by atoms with Crippen LogP contribution in [0.25, 0.3) is 10.9 Å². The summed E-state index contributed by atoms with van der Waals surface area (Å²) in [6, 6.07) is 5.28. The normalized spacial score (nSPS) is 16.8. The van der Waals surface area contributed by atoms with Gasteiger partial charge in [0.25, 0.3) is 5.56 Å². The number of benzene rings is 1. The van der Waals surface area contributed by atoms with E-state index in [4.69, 9.17) is 9.47 Å². The van der Waals surface area contributed by atoms with E-state index in [2.05, 4.69) is 53.1 Å². The number of likely N-dealkylation sites (tertiary alicyclic amines) is 1. The number of aromatic nitrogens is 5. The lowest BCUT2D eigenvalue weighted by molar-refractivity contribution is 0.143. The average molecular weight is 455 g/mol. The number of nitrogens with one attached hydrogen (secondary N) is 1. The molecule has 0 radical (unpaired) electrons. The van der Waals surface area contributed by atoms with Crippen molar-refractivity contribution in [2.75, 3.05) is 27.3 Å². The fourth-order valence-electron chi connectivity index (χ4n) is 4.48. The fourth-order valence-corrected chi connectivity index (χ4v) is 4.48. The van der Waals surface area contributed by atoms with Crippen LogP contribution < -0.4 is 15.0 Å². The van der Waals surface area contributed by atoms with E-state index in [0.717, 1.165) is 37.7 Å². The van der Waals surface area contributed by atoms with E-state index < -0.39 is 0 Å². The Morgan fingerprint density at radius 2 is 1.82 bits per heavy atom. The molecule has 1 aliphatic rings. The standard InChI is InChI=1S/C24H34N6O3/c1-7-24(3,4)30-22(26-27-28-30)21(29-10-8-15(2)9-11-29)17-12-16-13-19(32-5)20(33-6)14-18(16)25-23(17)31/h12-15,21H,7-11H2,1-6H3,(H,25,31). The Hall–Kier alpha value is -2.94. The van der Waals surface area contributed by atoms with E-state index in [1.54, 1.807) is 20.3 Å². The van der Waals surface area contributed by atoms with Crippen molar-refractivity contribution in [3.63, 3.8) is 0 Å². The van der Waals surface area contributed by atoms with Crippen LogP contribution in [0.1, 0.15) is 64.4 Å². The Kier molecular flexibility index (Phi) is 6.43. The summed E-state index contributed by atoms with van der Waals surface area (Å²) in [6.45, 7) is 10.4. The van der Waals surface area contributed by atoms with Crippen molar-refractivity contribution >= 4 is 10.9 Å². The van der Waals surface area contributed by atoms with Crippen molar-refractivity contribution < 1.29 is 9.47 Å². The van der Waals surface area contributed by atoms with Crippen LogP contribution in [-0.2, 0) is 5.54 Å². The van der Waals surface area contributed by atoms with Gasteiger partial charge in [-0.2, -0.15) is 0 Å². The fraction of sp³-hybridized carbons (Fsp3) is 0.583. The Balaban J connectivity index is 1.90. The minimum Gasteiger partial charge on any atom is -0.493 e. The van der Waals surface area contributed by atoms with Crippen molar-refractivity contribution in [3.05, 3.63) is 39.9 Å². The number of hydrogen-bond donors (Lipinski definition) is 1. The monoisotopic (exact) mass is 454 g/mol. The summed E-state index contributed by atoms with van der Waals surface area (Å²) < 4.78 is 12.8. The molecule has 0 aliphatic carbocycles. The molecule has 1 unspecified atom stereocenters. The van der Waals surface area contributed by atoms with Gasteiger partial charge in [-0.15, -0.1) is 5.10 Å². The van der Waals surface area contributed by atoms with Gasteiger partial charge in [0.15, 0.2) is 17.3 Å². The van der Waals surface area contributed by atoms with Crippen LogP contribution in [0.2, 0.25) is 0 Å². The van der Waals surface area contributed by atoms with Crippen molar-refractivity contribution in [2.45, 2.75) is 58.5 Å². The zero-order valence-electron chi connectivity index (χ0n) is 20.4. The molecule has 4 rings (SSSR count). The molecule has 0 spiro atoms. The first-order valence-corrected chi connectivity index (χ1v) is 11.6. The van der Waals surface area contributed by atoms with Crippen LogP contribution >= 0.6 is 0 Å². The highest BCUT2D eigenvalue weighted by molar-refractivity contribution is 5.83. The molecule has 0 saturated carbocycles. The maximum absolute atomic E-state index is 13.4. The Labute approximate surface area is 194 Å². The lowest BCUT2D eigenvalue weighted by atomic mass is 9.94. The lowest BCUT2D eigenvalue weighted by Crippen LogP contribution is -2.41. The van der Waals surface area contributed by atoms with Gasteiger partial charge in [-0.05, 0) is 74.7 Å². The molecule has 9 heteroatoms.